The van der Waals surface area contributed by atoms with Crippen LogP contribution in [-0.4, -0.2) is 46.1 Å². The van der Waals surface area contributed by atoms with E-state index in [0.717, 1.165) is 35.8 Å². The molecule has 1 aliphatic heterocycles. The average Bonchev–Trinajstić information content (AvgIpc) is 3.30. The van der Waals surface area contributed by atoms with Crippen LogP contribution in [0.15, 0.2) is 30.6 Å². The van der Waals surface area contributed by atoms with Crippen LogP contribution in [0, 0.1) is 17.7 Å². The number of aromatic nitrogens is 4. The van der Waals surface area contributed by atoms with E-state index >= 15 is 0 Å². The second kappa shape index (κ2) is 7.18. The SMILES string of the molecule is CNc1cc(F)cc2c1[nH]c1nc(Oc3cncc(Cl)c3)nc(N3CC4CC(N)C4C3)c12. The number of rotatable bonds is 4. The van der Waals surface area contributed by atoms with Crippen molar-refractivity contribution in [3.63, 3.8) is 0 Å². The molecule has 164 valence electrons. The zero-order valence-corrected chi connectivity index (χ0v) is 18.0. The standard InChI is InChI=1S/C22H21ClFN7O/c1-26-17-5-12(24)4-14-18-20(28-19(14)17)29-22(32-13-3-11(23)6-27-7-13)30-21(18)31-8-10-2-16(25)15(10)9-31/h3-7,10,15-16,26H,2,8-9,25H2,1H3,(H,28,29,30). The van der Waals surface area contributed by atoms with Gasteiger partial charge in [-0.1, -0.05) is 11.6 Å². The smallest absolute Gasteiger partial charge is 0.326 e. The molecule has 8 nitrogen and oxygen atoms in total. The van der Waals surface area contributed by atoms with Gasteiger partial charge in [-0.15, -0.1) is 0 Å². The molecular formula is C22H21ClFN7O. The Balaban J connectivity index is 1.54. The summed E-state index contributed by atoms with van der Waals surface area (Å²) >= 11 is 6.04. The number of nitrogens with two attached hydrogens (primary N) is 1. The summed E-state index contributed by atoms with van der Waals surface area (Å²) in [6.07, 6.45) is 4.09. The van der Waals surface area contributed by atoms with Crippen LogP contribution < -0.4 is 20.7 Å². The molecule has 1 saturated heterocycles. The number of anilines is 2. The summed E-state index contributed by atoms with van der Waals surface area (Å²) in [5.41, 5.74) is 8.20. The lowest BCUT2D eigenvalue weighted by molar-refractivity contribution is 0.194. The number of hydrogen-bond donors (Lipinski definition) is 3. The minimum Gasteiger partial charge on any atom is -0.422 e. The van der Waals surface area contributed by atoms with Gasteiger partial charge in [0.15, 0.2) is 5.75 Å². The first kappa shape index (κ1) is 19.5. The summed E-state index contributed by atoms with van der Waals surface area (Å²) in [7, 11) is 1.76. The first-order valence-corrected chi connectivity index (χ1v) is 10.9. The summed E-state index contributed by atoms with van der Waals surface area (Å²) in [5.74, 6) is 1.80. The number of nitrogens with one attached hydrogen (secondary N) is 2. The van der Waals surface area contributed by atoms with E-state index in [1.165, 1.54) is 18.3 Å². The van der Waals surface area contributed by atoms with Crippen LogP contribution in [0.4, 0.5) is 15.9 Å². The molecule has 4 N–H and O–H groups in total. The highest BCUT2D eigenvalue weighted by atomic mass is 35.5. The molecule has 1 aliphatic carbocycles. The van der Waals surface area contributed by atoms with E-state index in [2.05, 4.69) is 25.2 Å². The van der Waals surface area contributed by atoms with Crippen LogP contribution in [0.1, 0.15) is 6.42 Å². The summed E-state index contributed by atoms with van der Waals surface area (Å²) in [4.78, 5) is 18.9. The zero-order valence-electron chi connectivity index (χ0n) is 17.3. The van der Waals surface area contributed by atoms with E-state index in [-0.39, 0.29) is 17.9 Å². The van der Waals surface area contributed by atoms with Crippen molar-refractivity contribution in [1.29, 1.82) is 0 Å². The Hall–Kier alpha value is -3.17. The molecule has 2 aliphatic rings. The van der Waals surface area contributed by atoms with Gasteiger partial charge in [-0.05, 0) is 30.4 Å². The van der Waals surface area contributed by atoms with Gasteiger partial charge in [0.05, 0.1) is 27.8 Å². The molecule has 2 fully saturated rings. The van der Waals surface area contributed by atoms with Crippen LogP contribution in [0.2, 0.25) is 5.02 Å². The van der Waals surface area contributed by atoms with Gasteiger partial charge in [0, 0.05) is 43.8 Å². The Bertz CT molecular complexity index is 1360. The van der Waals surface area contributed by atoms with Crippen molar-refractivity contribution < 1.29 is 9.13 Å². The van der Waals surface area contributed by atoms with Gasteiger partial charge in [-0.25, -0.2) is 4.39 Å². The molecule has 0 spiro atoms. The van der Waals surface area contributed by atoms with Gasteiger partial charge in [0.25, 0.3) is 0 Å². The number of benzene rings is 1. The van der Waals surface area contributed by atoms with E-state index in [4.69, 9.17) is 27.1 Å². The molecule has 4 aromatic rings. The third kappa shape index (κ3) is 3.03. The van der Waals surface area contributed by atoms with Gasteiger partial charge in [-0.2, -0.15) is 9.97 Å². The monoisotopic (exact) mass is 453 g/mol. The van der Waals surface area contributed by atoms with Gasteiger partial charge in [-0.3, -0.25) is 4.98 Å². The molecule has 3 aromatic heterocycles. The topological polar surface area (TPSA) is 105 Å². The predicted molar refractivity (Wildman–Crippen MR) is 122 cm³/mol. The minimum atomic E-state index is -0.331. The molecule has 4 heterocycles. The summed E-state index contributed by atoms with van der Waals surface area (Å²) < 4.78 is 20.3. The maximum atomic E-state index is 14.4. The van der Waals surface area contributed by atoms with Gasteiger partial charge in [0.1, 0.15) is 17.3 Å². The van der Waals surface area contributed by atoms with E-state index < -0.39 is 0 Å². The number of nitrogens with zero attached hydrogens (tertiary/aromatic N) is 4. The van der Waals surface area contributed by atoms with E-state index in [9.17, 15) is 4.39 Å². The number of fused-ring (bicyclic) bond motifs is 4. The van der Waals surface area contributed by atoms with Gasteiger partial charge >= 0.3 is 6.01 Å². The predicted octanol–water partition coefficient (Wildman–Crippen LogP) is 3.92. The van der Waals surface area contributed by atoms with Gasteiger partial charge in [0.2, 0.25) is 0 Å². The fourth-order valence-corrected chi connectivity index (χ4v) is 5.15. The van der Waals surface area contributed by atoms with Crippen LogP contribution in [0.25, 0.3) is 21.9 Å². The first-order valence-electron chi connectivity index (χ1n) is 10.5. The van der Waals surface area contributed by atoms with Crippen molar-refractivity contribution in [2.45, 2.75) is 12.5 Å². The largest absolute Gasteiger partial charge is 0.422 e. The lowest BCUT2D eigenvalue weighted by atomic mass is 9.72. The summed E-state index contributed by atoms with van der Waals surface area (Å²) in [5, 5.41) is 4.99. The molecule has 1 saturated carbocycles. The Kier molecular flexibility index (Phi) is 4.38. The zero-order chi connectivity index (χ0) is 22.0. The van der Waals surface area contributed by atoms with Crippen molar-refractivity contribution in [3.05, 3.63) is 41.4 Å². The Labute approximate surface area is 187 Å². The second-order valence-electron chi connectivity index (χ2n) is 8.47. The molecular weight excluding hydrogens is 433 g/mol. The fourth-order valence-electron chi connectivity index (χ4n) is 4.98. The third-order valence-electron chi connectivity index (χ3n) is 6.56. The van der Waals surface area contributed by atoms with E-state index in [1.807, 2.05) is 0 Å². The second-order valence-corrected chi connectivity index (χ2v) is 8.91. The van der Waals surface area contributed by atoms with Crippen molar-refractivity contribution >= 4 is 45.0 Å². The molecule has 3 atom stereocenters. The van der Waals surface area contributed by atoms with Crippen molar-refractivity contribution in [1.82, 2.24) is 19.9 Å². The maximum Gasteiger partial charge on any atom is 0.326 e. The average molecular weight is 454 g/mol. The number of ether oxygens (including phenoxy) is 1. The molecule has 32 heavy (non-hydrogen) atoms. The van der Waals surface area contributed by atoms with Crippen LogP contribution in [-0.2, 0) is 0 Å². The van der Waals surface area contributed by atoms with Gasteiger partial charge < -0.3 is 25.7 Å². The Morgan fingerprint density at radius 3 is 2.88 bits per heavy atom. The fraction of sp³-hybridized carbons (Fsp3) is 0.318. The van der Waals surface area contributed by atoms with E-state index in [1.54, 1.807) is 19.3 Å². The van der Waals surface area contributed by atoms with Crippen molar-refractivity contribution in [2.75, 3.05) is 30.4 Å². The number of pyridine rings is 1. The minimum absolute atomic E-state index is 0.165. The normalized spacial score (nSPS) is 22.2. The Morgan fingerprint density at radius 2 is 2.12 bits per heavy atom. The lowest BCUT2D eigenvalue weighted by Gasteiger charge is -2.36. The number of halogens is 2. The molecule has 0 radical (unpaired) electrons. The number of H-pyrrole nitrogens is 1. The highest BCUT2D eigenvalue weighted by Crippen LogP contribution is 2.44. The maximum absolute atomic E-state index is 14.4. The van der Waals surface area contributed by atoms with E-state index in [0.29, 0.717) is 39.8 Å². The first-order chi connectivity index (χ1) is 15.5. The van der Waals surface area contributed by atoms with Crippen molar-refractivity contribution in [2.24, 2.45) is 17.6 Å². The molecule has 0 amide bonds. The molecule has 0 bridgehead atoms. The highest BCUT2D eigenvalue weighted by molar-refractivity contribution is 6.30. The Morgan fingerprint density at radius 1 is 1.25 bits per heavy atom. The van der Waals surface area contributed by atoms with Crippen LogP contribution in [0.5, 0.6) is 11.8 Å². The molecule has 6 rings (SSSR count). The molecule has 10 heteroatoms. The van der Waals surface area contributed by atoms with Crippen LogP contribution >= 0.6 is 11.6 Å². The summed E-state index contributed by atoms with van der Waals surface area (Å²) in [6, 6.07) is 5.00. The third-order valence-corrected chi connectivity index (χ3v) is 6.77. The summed E-state index contributed by atoms with van der Waals surface area (Å²) in [6.45, 7) is 1.65. The molecule has 3 unspecified atom stereocenters. The highest BCUT2D eigenvalue weighted by Gasteiger charge is 2.46. The number of aromatic amines is 1. The quantitative estimate of drug-likeness (QED) is 0.430. The number of hydrogen-bond acceptors (Lipinski definition) is 7. The van der Waals surface area contributed by atoms with Crippen LogP contribution in [0.3, 0.4) is 0 Å². The molecule has 1 aromatic carbocycles. The van der Waals surface area contributed by atoms with Crippen molar-refractivity contribution in [3.8, 4) is 11.8 Å². The lowest BCUT2D eigenvalue weighted by Crippen LogP contribution is -2.46.